The number of phenols is 1. The molecule has 0 aliphatic heterocycles. The zero-order valence-electron chi connectivity index (χ0n) is 12.8. The fraction of sp³-hybridized carbons (Fsp3) is 0. The molecule has 0 saturated carbocycles. The van der Waals surface area contributed by atoms with Gasteiger partial charge in [0, 0.05) is 0 Å². The summed E-state index contributed by atoms with van der Waals surface area (Å²) in [6, 6.07) is 10.6. The van der Waals surface area contributed by atoms with Gasteiger partial charge in [-0.2, -0.15) is 9.78 Å². The molecule has 0 fully saturated rings. The van der Waals surface area contributed by atoms with Crippen LogP contribution < -0.4 is 16.0 Å². The Hall–Kier alpha value is -3.40. The number of hydrogen-bond acceptors (Lipinski definition) is 6. The van der Waals surface area contributed by atoms with Crippen molar-refractivity contribution < 1.29 is 19.7 Å². The first kappa shape index (κ1) is 17.4. The van der Waals surface area contributed by atoms with Gasteiger partial charge in [-0.05, 0) is 58.4 Å². The Bertz CT molecular complexity index is 1100. The molecule has 0 bridgehead atoms. The van der Waals surface area contributed by atoms with E-state index in [0.29, 0.717) is 16.0 Å². The zero-order valence-corrected chi connectivity index (χ0v) is 14.4. The smallest absolute Gasteiger partial charge is 0.362 e. The van der Waals surface area contributed by atoms with E-state index in [2.05, 4.69) is 21.0 Å². The minimum absolute atomic E-state index is 0.0745. The van der Waals surface area contributed by atoms with Crippen molar-refractivity contribution in [2.24, 2.45) is 0 Å². The molecule has 26 heavy (non-hydrogen) atoms. The second kappa shape index (κ2) is 6.84. The SMILES string of the molecule is O=C(O)c1nn(-c2ccc(Oc3ccc(O)c(Br)c3)cc2)c(=O)[nH]c1=O. The molecule has 0 saturated heterocycles. The highest BCUT2D eigenvalue weighted by Crippen LogP contribution is 2.30. The normalized spacial score (nSPS) is 10.5. The molecule has 10 heteroatoms. The van der Waals surface area contributed by atoms with Crippen LogP contribution in [-0.4, -0.2) is 30.9 Å². The summed E-state index contributed by atoms with van der Waals surface area (Å²) in [6.45, 7) is 0. The molecule has 0 amide bonds. The number of benzene rings is 2. The van der Waals surface area contributed by atoms with Crippen molar-refractivity contribution in [3.63, 3.8) is 0 Å². The number of carboxylic acid groups (broad SMARTS) is 1. The number of aromatic carboxylic acids is 1. The number of aromatic amines is 1. The Balaban J connectivity index is 1.91. The summed E-state index contributed by atoms with van der Waals surface area (Å²) < 4.78 is 6.85. The number of carbonyl (C=O) groups is 1. The van der Waals surface area contributed by atoms with Crippen LogP contribution in [0.1, 0.15) is 10.5 Å². The van der Waals surface area contributed by atoms with Crippen LogP contribution in [0.25, 0.3) is 5.69 Å². The highest BCUT2D eigenvalue weighted by molar-refractivity contribution is 9.10. The average Bonchev–Trinajstić information content (AvgIpc) is 2.59. The molecule has 0 spiro atoms. The standard InChI is InChI=1S/C16H10BrN3O6/c17-11-7-10(5-6-12(11)21)26-9-3-1-8(2-4-9)20-16(25)18-14(22)13(19-20)15(23)24/h1-7,21H,(H,23,24)(H,18,22,25). The Labute approximate surface area is 153 Å². The lowest BCUT2D eigenvalue weighted by Crippen LogP contribution is -2.35. The largest absolute Gasteiger partial charge is 0.507 e. The first-order valence-electron chi connectivity index (χ1n) is 7.09. The summed E-state index contributed by atoms with van der Waals surface area (Å²) in [5.41, 5.74) is -2.49. The lowest BCUT2D eigenvalue weighted by atomic mass is 10.3. The lowest BCUT2D eigenvalue weighted by molar-refractivity contribution is 0.0685. The highest BCUT2D eigenvalue weighted by atomic mass is 79.9. The van der Waals surface area contributed by atoms with Gasteiger partial charge in [-0.3, -0.25) is 9.78 Å². The van der Waals surface area contributed by atoms with E-state index in [1.165, 1.54) is 30.3 Å². The number of aromatic nitrogens is 3. The molecule has 132 valence electrons. The lowest BCUT2D eigenvalue weighted by Gasteiger charge is -2.08. The summed E-state index contributed by atoms with van der Waals surface area (Å²) >= 11 is 3.18. The van der Waals surface area contributed by atoms with Crippen molar-refractivity contribution in [3.05, 3.63) is 73.5 Å². The van der Waals surface area contributed by atoms with Crippen molar-refractivity contribution in [1.82, 2.24) is 14.8 Å². The molecule has 0 aliphatic rings. The van der Waals surface area contributed by atoms with Crippen LogP contribution in [-0.2, 0) is 0 Å². The molecule has 3 rings (SSSR count). The Morgan fingerprint density at radius 3 is 2.38 bits per heavy atom. The number of phenolic OH excluding ortho intramolecular Hbond substituents is 1. The van der Waals surface area contributed by atoms with Gasteiger partial charge < -0.3 is 14.9 Å². The van der Waals surface area contributed by atoms with Gasteiger partial charge in [0.15, 0.2) is 0 Å². The van der Waals surface area contributed by atoms with Crippen molar-refractivity contribution in [2.45, 2.75) is 0 Å². The van der Waals surface area contributed by atoms with E-state index in [9.17, 15) is 19.5 Å². The number of rotatable bonds is 4. The zero-order chi connectivity index (χ0) is 18.8. The Morgan fingerprint density at radius 1 is 1.12 bits per heavy atom. The van der Waals surface area contributed by atoms with Gasteiger partial charge in [0.05, 0.1) is 10.2 Å². The molecule has 9 nitrogen and oxygen atoms in total. The molecule has 0 radical (unpaired) electrons. The summed E-state index contributed by atoms with van der Waals surface area (Å²) in [5.74, 6) is -0.569. The van der Waals surface area contributed by atoms with Crippen molar-refractivity contribution in [1.29, 1.82) is 0 Å². The van der Waals surface area contributed by atoms with Crippen molar-refractivity contribution in [3.8, 4) is 22.9 Å². The molecule has 1 aromatic heterocycles. The summed E-state index contributed by atoms with van der Waals surface area (Å²) in [4.78, 5) is 36.2. The summed E-state index contributed by atoms with van der Waals surface area (Å²) in [7, 11) is 0. The maximum atomic E-state index is 11.9. The van der Waals surface area contributed by atoms with Gasteiger partial charge in [-0.1, -0.05) is 0 Å². The number of carboxylic acids is 1. The van der Waals surface area contributed by atoms with Crippen LogP contribution in [0.15, 0.2) is 56.5 Å². The first-order chi connectivity index (χ1) is 12.3. The monoisotopic (exact) mass is 419 g/mol. The second-order valence-electron chi connectivity index (χ2n) is 5.03. The van der Waals surface area contributed by atoms with E-state index in [-0.39, 0.29) is 11.4 Å². The van der Waals surface area contributed by atoms with Crippen molar-refractivity contribution >= 4 is 21.9 Å². The molecule has 3 N–H and O–H groups in total. The van der Waals surface area contributed by atoms with Gasteiger partial charge in [0.2, 0.25) is 5.69 Å². The fourth-order valence-electron chi connectivity index (χ4n) is 2.06. The molecule has 0 unspecified atom stereocenters. The predicted molar refractivity (Wildman–Crippen MR) is 93.3 cm³/mol. The van der Waals surface area contributed by atoms with E-state index in [1.54, 1.807) is 12.1 Å². The van der Waals surface area contributed by atoms with Crippen LogP contribution in [0.5, 0.6) is 17.2 Å². The van der Waals surface area contributed by atoms with Gasteiger partial charge in [0.25, 0.3) is 5.56 Å². The van der Waals surface area contributed by atoms with Crippen LogP contribution in [0.4, 0.5) is 0 Å². The average molecular weight is 420 g/mol. The maximum absolute atomic E-state index is 11.9. The topological polar surface area (TPSA) is 135 Å². The third kappa shape index (κ3) is 3.49. The molecule has 1 heterocycles. The molecule has 3 aromatic rings. The molecule has 0 aliphatic carbocycles. The van der Waals surface area contributed by atoms with Crippen LogP contribution in [0.2, 0.25) is 0 Å². The molecular weight excluding hydrogens is 410 g/mol. The second-order valence-corrected chi connectivity index (χ2v) is 5.89. The van der Waals surface area contributed by atoms with E-state index < -0.39 is 22.9 Å². The Kier molecular flexibility index (Phi) is 4.59. The minimum atomic E-state index is -1.54. The summed E-state index contributed by atoms with van der Waals surface area (Å²) in [6.07, 6.45) is 0. The van der Waals surface area contributed by atoms with E-state index in [0.717, 1.165) is 4.68 Å². The van der Waals surface area contributed by atoms with E-state index in [4.69, 9.17) is 9.84 Å². The third-order valence-corrected chi connectivity index (χ3v) is 3.90. The minimum Gasteiger partial charge on any atom is -0.507 e. The summed E-state index contributed by atoms with van der Waals surface area (Å²) in [5, 5.41) is 22.0. The number of halogens is 1. The number of ether oxygens (including phenoxy) is 1. The molecule has 2 aromatic carbocycles. The first-order valence-corrected chi connectivity index (χ1v) is 7.88. The fourth-order valence-corrected chi connectivity index (χ4v) is 2.42. The van der Waals surface area contributed by atoms with Gasteiger partial charge in [-0.15, -0.1) is 0 Å². The van der Waals surface area contributed by atoms with Gasteiger partial charge >= 0.3 is 11.7 Å². The number of nitrogens with zero attached hydrogens (tertiary/aromatic N) is 2. The van der Waals surface area contributed by atoms with E-state index >= 15 is 0 Å². The quantitative estimate of drug-likeness (QED) is 0.587. The predicted octanol–water partition coefficient (Wildman–Crippen LogP) is 1.88. The van der Waals surface area contributed by atoms with Crippen LogP contribution in [0.3, 0.4) is 0 Å². The van der Waals surface area contributed by atoms with Gasteiger partial charge in [0.1, 0.15) is 17.2 Å². The van der Waals surface area contributed by atoms with Gasteiger partial charge in [-0.25, -0.2) is 9.59 Å². The van der Waals surface area contributed by atoms with E-state index in [1.807, 2.05) is 4.98 Å². The maximum Gasteiger partial charge on any atom is 0.362 e. The number of nitrogens with one attached hydrogen (secondary N) is 1. The van der Waals surface area contributed by atoms with Crippen LogP contribution in [0, 0.1) is 0 Å². The van der Waals surface area contributed by atoms with Crippen molar-refractivity contribution in [2.75, 3.05) is 0 Å². The highest BCUT2D eigenvalue weighted by Gasteiger charge is 2.14. The Morgan fingerprint density at radius 2 is 1.77 bits per heavy atom. The number of aromatic hydroxyl groups is 1. The molecular formula is C16H10BrN3O6. The van der Waals surface area contributed by atoms with Crippen LogP contribution >= 0.6 is 15.9 Å². The number of H-pyrrole nitrogens is 1. The third-order valence-electron chi connectivity index (χ3n) is 3.27. The number of hydrogen-bond donors (Lipinski definition) is 3. The molecule has 0 atom stereocenters.